The quantitative estimate of drug-likeness (QED) is 0.511. The standard InChI is InChI=1S/C19H40N2/c1-4-5-6-7-9-13-18(2)20-16-12-17-21(3)19-14-10-8-11-15-19/h18-20H,4-17H2,1-3H3. The Hall–Kier alpha value is -0.0800. The molecule has 1 fully saturated rings. The Morgan fingerprint density at radius 2 is 1.71 bits per heavy atom. The number of rotatable bonds is 12. The normalized spacial score (nSPS) is 18.3. The Morgan fingerprint density at radius 3 is 2.43 bits per heavy atom. The van der Waals surface area contributed by atoms with Crippen molar-refractivity contribution in [3.05, 3.63) is 0 Å². The van der Waals surface area contributed by atoms with Gasteiger partial charge in [0, 0.05) is 12.1 Å². The Bertz CT molecular complexity index is 224. The van der Waals surface area contributed by atoms with Crippen LogP contribution in [0.2, 0.25) is 0 Å². The van der Waals surface area contributed by atoms with Crippen LogP contribution in [0.4, 0.5) is 0 Å². The van der Waals surface area contributed by atoms with E-state index in [1.165, 1.54) is 90.1 Å². The maximum Gasteiger partial charge on any atom is 0.00922 e. The second-order valence-corrected chi connectivity index (χ2v) is 7.18. The van der Waals surface area contributed by atoms with E-state index in [0.29, 0.717) is 6.04 Å². The van der Waals surface area contributed by atoms with Crippen LogP contribution in [0.15, 0.2) is 0 Å². The summed E-state index contributed by atoms with van der Waals surface area (Å²) in [6.07, 6.45) is 16.9. The van der Waals surface area contributed by atoms with E-state index in [0.717, 1.165) is 6.04 Å². The van der Waals surface area contributed by atoms with E-state index in [2.05, 4.69) is 31.1 Å². The maximum absolute atomic E-state index is 3.71. The summed E-state index contributed by atoms with van der Waals surface area (Å²) in [6, 6.07) is 1.57. The van der Waals surface area contributed by atoms with Crippen molar-refractivity contribution < 1.29 is 0 Å². The fourth-order valence-corrected chi connectivity index (χ4v) is 3.54. The molecule has 21 heavy (non-hydrogen) atoms. The summed E-state index contributed by atoms with van der Waals surface area (Å²) in [5.74, 6) is 0. The molecule has 0 aromatic rings. The highest BCUT2D eigenvalue weighted by atomic mass is 15.1. The predicted molar refractivity (Wildman–Crippen MR) is 95.0 cm³/mol. The van der Waals surface area contributed by atoms with Gasteiger partial charge in [-0.1, -0.05) is 58.3 Å². The smallest absolute Gasteiger partial charge is 0.00922 e. The van der Waals surface area contributed by atoms with Crippen molar-refractivity contribution >= 4 is 0 Å². The molecule has 1 N–H and O–H groups in total. The van der Waals surface area contributed by atoms with E-state index >= 15 is 0 Å². The average Bonchev–Trinajstić information content (AvgIpc) is 2.52. The van der Waals surface area contributed by atoms with E-state index in [4.69, 9.17) is 0 Å². The molecule has 0 aromatic carbocycles. The van der Waals surface area contributed by atoms with Crippen LogP contribution in [-0.4, -0.2) is 37.1 Å². The van der Waals surface area contributed by atoms with E-state index in [1.807, 2.05) is 0 Å². The summed E-state index contributed by atoms with van der Waals surface area (Å²) in [5, 5.41) is 3.71. The van der Waals surface area contributed by atoms with Gasteiger partial charge in [0.25, 0.3) is 0 Å². The lowest BCUT2D eigenvalue weighted by molar-refractivity contribution is 0.189. The molecule has 0 saturated heterocycles. The van der Waals surface area contributed by atoms with E-state index in [1.54, 1.807) is 0 Å². The third-order valence-corrected chi connectivity index (χ3v) is 5.12. The van der Waals surface area contributed by atoms with Crippen LogP contribution in [0.5, 0.6) is 0 Å². The van der Waals surface area contributed by atoms with Crippen LogP contribution in [0, 0.1) is 0 Å². The molecular formula is C19H40N2. The summed E-state index contributed by atoms with van der Waals surface area (Å²) in [4.78, 5) is 2.61. The van der Waals surface area contributed by atoms with Gasteiger partial charge >= 0.3 is 0 Å². The van der Waals surface area contributed by atoms with Crippen LogP contribution in [0.3, 0.4) is 0 Å². The highest BCUT2D eigenvalue weighted by molar-refractivity contribution is 4.73. The van der Waals surface area contributed by atoms with Crippen molar-refractivity contribution in [1.82, 2.24) is 10.2 Å². The summed E-state index contributed by atoms with van der Waals surface area (Å²) in [6.45, 7) is 7.09. The van der Waals surface area contributed by atoms with E-state index in [-0.39, 0.29) is 0 Å². The second-order valence-electron chi connectivity index (χ2n) is 7.18. The molecule has 126 valence electrons. The lowest BCUT2D eigenvalue weighted by Crippen LogP contribution is -2.36. The van der Waals surface area contributed by atoms with Crippen molar-refractivity contribution in [3.63, 3.8) is 0 Å². The molecule has 0 aliphatic heterocycles. The summed E-state index contributed by atoms with van der Waals surface area (Å²) in [5.41, 5.74) is 0. The zero-order valence-corrected chi connectivity index (χ0v) is 15.0. The van der Waals surface area contributed by atoms with Crippen LogP contribution < -0.4 is 5.32 Å². The topological polar surface area (TPSA) is 15.3 Å². The predicted octanol–water partition coefficient (Wildman–Crippen LogP) is 4.98. The Balaban J connectivity index is 1.92. The Morgan fingerprint density at radius 1 is 1.00 bits per heavy atom. The van der Waals surface area contributed by atoms with Gasteiger partial charge in [-0.3, -0.25) is 0 Å². The molecule has 2 heteroatoms. The minimum absolute atomic E-state index is 0.701. The van der Waals surface area contributed by atoms with Crippen molar-refractivity contribution in [2.45, 2.75) is 103 Å². The van der Waals surface area contributed by atoms with Crippen LogP contribution in [0.1, 0.15) is 90.9 Å². The lowest BCUT2D eigenvalue weighted by atomic mass is 9.94. The van der Waals surface area contributed by atoms with E-state index < -0.39 is 0 Å². The summed E-state index contributed by atoms with van der Waals surface area (Å²) >= 11 is 0. The van der Waals surface area contributed by atoms with Crippen molar-refractivity contribution in [3.8, 4) is 0 Å². The molecular weight excluding hydrogens is 256 g/mol. The number of hydrogen-bond donors (Lipinski definition) is 1. The molecule has 0 aromatic heterocycles. The minimum atomic E-state index is 0.701. The van der Waals surface area contributed by atoms with Crippen molar-refractivity contribution in [1.29, 1.82) is 0 Å². The zero-order valence-electron chi connectivity index (χ0n) is 15.0. The second kappa shape index (κ2) is 12.5. The number of nitrogens with zero attached hydrogens (tertiary/aromatic N) is 1. The van der Waals surface area contributed by atoms with Crippen molar-refractivity contribution in [2.75, 3.05) is 20.1 Å². The monoisotopic (exact) mass is 296 g/mol. The van der Waals surface area contributed by atoms with Crippen molar-refractivity contribution in [2.24, 2.45) is 0 Å². The van der Waals surface area contributed by atoms with Gasteiger partial charge in [-0.05, 0) is 52.7 Å². The largest absolute Gasteiger partial charge is 0.314 e. The number of unbranched alkanes of at least 4 members (excludes halogenated alkanes) is 4. The molecule has 0 radical (unpaired) electrons. The first-order valence-electron chi connectivity index (χ1n) is 9.67. The van der Waals surface area contributed by atoms with E-state index in [9.17, 15) is 0 Å². The van der Waals surface area contributed by atoms with Gasteiger partial charge in [-0.2, -0.15) is 0 Å². The van der Waals surface area contributed by atoms with Gasteiger partial charge in [0.1, 0.15) is 0 Å². The fraction of sp³-hybridized carbons (Fsp3) is 1.00. The van der Waals surface area contributed by atoms with Gasteiger partial charge < -0.3 is 10.2 Å². The molecule has 0 amide bonds. The molecule has 0 spiro atoms. The summed E-state index contributed by atoms with van der Waals surface area (Å²) in [7, 11) is 2.33. The summed E-state index contributed by atoms with van der Waals surface area (Å²) < 4.78 is 0. The molecule has 0 heterocycles. The number of hydrogen-bond acceptors (Lipinski definition) is 2. The lowest BCUT2D eigenvalue weighted by Gasteiger charge is -2.31. The zero-order chi connectivity index (χ0) is 15.3. The van der Waals surface area contributed by atoms with Gasteiger partial charge in [0.15, 0.2) is 0 Å². The molecule has 1 aliphatic carbocycles. The highest BCUT2D eigenvalue weighted by Gasteiger charge is 2.17. The van der Waals surface area contributed by atoms with Crippen LogP contribution in [0.25, 0.3) is 0 Å². The van der Waals surface area contributed by atoms with Gasteiger partial charge in [0.2, 0.25) is 0 Å². The first-order chi connectivity index (χ1) is 10.2. The Labute approximate surface area is 134 Å². The highest BCUT2D eigenvalue weighted by Crippen LogP contribution is 2.21. The van der Waals surface area contributed by atoms with Gasteiger partial charge in [-0.15, -0.1) is 0 Å². The first-order valence-corrected chi connectivity index (χ1v) is 9.67. The average molecular weight is 297 g/mol. The molecule has 1 aliphatic rings. The van der Waals surface area contributed by atoms with Gasteiger partial charge in [-0.25, -0.2) is 0 Å². The molecule has 1 atom stereocenters. The fourth-order valence-electron chi connectivity index (χ4n) is 3.54. The Kier molecular flexibility index (Phi) is 11.3. The van der Waals surface area contributed by atoms with Gasteiger partial charge in [0.05, 0.1) is 0 Å². The first kappa shape index (κ1) is 19.0. The SMILES string of the molecule is CCCCCCCC(C)NCCCN(C)C1CCCCC1. The molecule has 1 unspecified atom stereocenters. The molecule has 1 saturated carbocycles. The maximum atomic E-state index is 3.71. The molecule has 2 nitrogen and oxygen atoms in total. The number of nitrogens with one attached hydrogen (secondary N) is 1. The van der Waals surface area contributed by atoms with Crippen LogP contribution >= 0.6 is 0 Å². The molecule has 0 bridgehead atoms. The minimum Gasteiger partial charge on any atom is -0.314 e. The third kappa shape index (κ3) is 9.52. The van der Waals surface area contributed by atoms with Crippen LogP contribution in [-0.2, 0) is 0 Å². The molecule has 1 rings (SSSR count). The third-order valence-electron chi connectivity index (χ3n) is 5.12.